The van der Waals surface area contributed by atoms with Crippen molar-refractivity contribution in [1.29, 1.82) is 0 Å². The monoisotopic (exact) mass is 262 g/mol. The molecule has 0 aliphatic carbocycles. The summed E-state index contributed by atoms with van der Waals surface area (Å²) in [5, 5.41) is 7.73. The molecule has 0 fully saturated rings. The lowest BCUT2D eigenvalue weighted by Crippen LogP contribution is -2.36. The average molecular weight is 262 g/mol. The van der Waals surface area contributed by atoms with Crippen molar-refractivity contribution in [3.8, 4) is 0 Å². The number of aryl methyl sites for hydroxylation is 1. The van der Waals surface area contributed by atoms with Crippen LogP contribution < -0.4 is 11.1 Å². The maximum atomic E-state index is 5.72. The summed E-state index contributed by atoms with van der Waals surface area (Å²) in [5.74, 6) is 1.52. The fourth-order valence-corrected chi connectivity index (χ4v) is 2.10. The van der Waals surface area contributed by atoms with Crippen molar-refractivity contribution in [1.82, 2.24) is 19.6 Å². The number of aromatic nitrogens is 4. The van der Waals surface area contributed by atoms with E-state index in [2.05, 4.69) is 41.2 Å². The Labute approximate surface area is 113 Å². The Morgan fingerprint density at radius 2 is 2.16 bits per heavy atom. The summed E-state index contributed by atoms with van der Waals surface area (Å²) in [6.07, 6.45) is 2.42. The van der Waals surface area contributed by atoms with Gasteiger partial charge in [0, 0.05) is 17.8 Å². The Kier molecular flexibility index (Phi) is 3.71. The molecule has 0 aliphatic heterocycles. The van der Waals surface area contributed by atoms with Gasteiger partial charge in [-0.15, -0.1) is 0 Å². The molecule has 1 unspecified atom stereocenters. The predicted octanol–water partition coefficient (Wildman–Crippen LogP) is 1.61. The summed E-state index contributed by atoms with van der Waals surface area (Å²) < 4.78 is 1.72. The molecule has 19 heavy (non-hydrogen) atoms. The fraction of sp³-hybridized carbons (Fsp3) is 0.615. The van der Waals surface area contributed by atoms with Crippen molar-refractivity contribution >= 4 is 11.6 Å². The third kappa shape index (κ3) is 3.01. The van der Waals surface area contributed by atoms with Gasteiger partial charge in [-0.3, -0.25) is 0 Å². The van der Waals surface area contributed by atoms with E-state index in [0.29, 0.717) is 12.3 Å². The highest BCUT2D eigenvalue weighted by molar-refractivity contribution is 5.45. The number of anilines is 1. The third-order valence-corrected chi connectivity index (χ3v) is 3.20. The first-order valence-corrected chi connectivity index (χ1v) is 6.56. The lowest BCUT2D eigenvalue weighted by molar-refractivity contribution is 0.327. The van der Waals surface area contributed by atoms with Gasteiger partial charge in [0.25, 0.3) is 5.78 Å². The van der Waals surface area contributed by atoms with Gasteiger partial charge in [-0.05, 0) is 25.3 Å². The van der Waals surface area contributed by atoms with Gasteiger partial charge in [-0.25, -0.2) is 4.98 Å². The van der Waals surface area contributed by atoms with Crippen LogP contribution in [-0.4, -0.2) is 32.2 Å². The molecule has 0 saturated heterocycles. The van der Waals surface area contributed by atoms with E-state index in [0.717, 1.165) is 17.9 Å². The van der Waals surface area contributed by atoms with E-state index in [1.165, 1.54) is 6.33 Å². The molecule has 2 aromatic heterocycles. The minimum absolute atomic E-state index is 0.115. The largest absolute Gasteiger partial charge is 0.367 e. The third-order valence-electron chi connectivity index (χ3n) is 3.20. The van der Waals surface area contributed by atoms with Crippen LogP contribution >= 0.6 is 0 Å². The molecular formula is C13H22N6. The number of nitrogens with one attached hydrogen (secondary N) is 1. The van der Waals surface area contributed by atoms with Crippen molar-refractivity contribution in [3.05, 3.63) is 18.1 Å². The van der Waals surface area contributed by atoms with E-state index >= 15 is 0 Å². The second-order valence-corrected chi connectivity index (χ2v) is 5.89. The molecule has 1 atom stereocenters. The number of nitrogens with two attached hydrogens (primary N) is 1. The smallest absolute Gasteiger partial charge is 0.254 e. The molecule has 0 spiro atoms. The topological polar surface area (TPSA) is 81.1 Å². The first-order chi connectivity index (χ1) is 8.91. The van der Waals surface area contributed by atoms with Gasteiger partial charge in [0.05, 0.1) is 0 Å². The van der Waals surface area contributed by atoms with Crippen LogP contribution in [-0.2, 0) is 0 Å². The van der Waals surface area contributed by atoms with Crippen LogP contribution in [0.2, 0.25) is 0 Å². The molecule has 3 N–H and O–H groups in total. The zero-order valence-corrected chi connectivity index (χ0v) is 12.0. The van der Waals surface area contributed by atoms with Gasteiger partial charge in [-0.1, -0.05) is 20.8 Å². The second kappa shape index (κ2) is 5.13. The van der Waals surface area contributed by atoms with Crippen LogP contribution in [0.15, 0.2) is 12.4 Å². The Bertz CT molecular complexity index is 554. The average Bonchev–Trinajstić information content (AvgIpc) is 2.74. The predicted molar refractivity (Wildman–Crippen MR) is 76.1 cm³/mol. The zero-order valence-electron chi connectivity index (χ0n) is 12.0. The van der Waals surface area contributed by atoms with E-state index in [-0.39, 0.29) is 11.5 Å². The number of hydrogen-bond donors (Lipinski definition) is 2. The molecule has 2 rings (SSSR count). The summed E-state index contributed by atoms with van der Waals surface area (Å²) in [5.41, 5.74) is 6.75. The number of hydrogen-bond acceptors (Lipinski definition) is 5. The number of nitrogens with zero attached hydrogens (tertiary/aromatic N) is 4. The molecule has 0 aliphatic rings. The van der Waals surface area contributed by atoms with Gasteiger partial charge in [0.1, 0.15) is 12.1 Å². The van der Waals surface area contributed by atoms with Crippen molar-refractivity contribution in [2.24, 2.45) is 11.1 Å². The van der Waals surface area contributed by atoms with Crippen molar-refractivity contribution in [2.45, 2.75) is 40.2 Å². The summed E-state index contributed by atoms with van der Waals surface area (Å²) in [4.78, 5) is 8.47. The highest BCUT2D eigenvalue weighted by Gasteiger charge is 2.24. The Morgan fingerprint density at radius 3 is 2.79 bits per heavy atom. The summed E-state index contributed by atoms with van der Waals surface area (Å²) in [6.45, 7) is 9.21. The summed E-state index contributed by atoms with van der Waals surface area (Å²) in [6, 6.07) is 2.25. The zero-order chi connectivity index (χ0) is 14.0. The standard InChI is InChI=1S/C13H22N6/c1-9-7-11(19-12(17-9)15-8-16-19)18-10(5-6-14)13(2,3)4/h7-8,10,18H,5-6,14H2,1-4H3. The molecular weight excluding hydrogens is 240 g/mol. The molecule has 2 heterocycles. The van der Waals surface area contributed by atoms with Gasteiger partial charge in [0.2, 0.25) is 0 Å². The second-order valence-electron chi connectivity index (χ2n) is 5.89. The summed E-state index contributed by atoms with van der Waals surface area (Å²) >= 11 is 0. The van der Waals surface area contributed by atoms with Crippen molar-refractivity contribution < 1.29 is 0 Å². The van der Waals surface area contributed by atoms with Crippen LogP contribution in [0.4, 0.5) is 5.82 Å². The first kappa shape index (κ1) is 13.7. The van der Waals surface area contributed by atoms with E-state index in [1.807, 2.05) is 13.0 Å². The highest BCUT2D eigenvalue weighted by atomic mass is 15.4. The molecule has 104 valence electrons. The van der Waals surface area contributed by atoms with Crippen LogP contribution in [0.3, 0.4) is 0 Å². The molecule has 2 aromatic rings. The molecule has 6 nitrogen and oxygen atoms in total. The van der Waals surface area contributed by atoms with Crippen LogP contribution in [0.1, 0.15) is 32.9 Å². The van der Waals surface area contributed by atoms with E-state index in [9.17, 15) is 0 Å². The van der Waals surface area contributed by atoms with Gasteiger partial charge in [-0.2, -0.15) is 14.6 Å². The van der Waals surface area contributed by atoms with Crippen LogP contribution in [0.5, 0.6) is 0 Å². The van der Waals surface area contributed by atoms with Crippen molar-refractivity contribution in [2.75, 3.05) is 11.9 Å². The lowest BCUT2D eigenvalue weighted by Gasteiger charge is -2.32. The Hall–Kier alpha value is -1.69. The maximum absolute atomic E-state index is 5.72. The minimum Gasteiger partial charge on any atom is -0.367 e. The van der Waals surface area contributed by atoms with Gasteiger partial charge >= 0.3 is 0 Å². The van der Waals surface area contributed by atoms with E-state index < -0.39 is 0 Å². The molecule has 6 heteroatoms. The van der Waals surface area contributed by atoms with E-state index in [4.69, 9.17) is 5.73 Å². The Balaban J connectivity index is 2.35. The lowest BCUT2D eigenvalue weighted by atomic mass is 9.85. The normalized spacial score (nSPS) is 13.7. The molecule has 0 saturated carbocycles. The van der Waals surface area contributed by atoms with E-state index in [1.54, 1.807) is 4.52 Å². The molecule has 0 aromatic carbocycles. The maximum Gasteiger partial charge on any atom is 0.254 e. The quantitative estimate of drug-likeness (QED) is 0.875. The van der Waals surface area contributed by atoms with Gasteiger partial charge in [0.15, 0.2) is 0 Å². The van der Waals surface area contributed by atoms with Crippen LogP contribution in [0.25, 0.3) is 5.78 Å². The number of fused-ring (bicyclic) bond motifs is 1. The fourth-order valence-electron chi connectivity index (χ4n) is 2.10. The summed E-state index contributed by atoms with van der Waals surface area (Å²) in [7, 11) is 0. The number of rotatable bonds is 4. The van der Waals surface area contributed by atoms with Crippen molar-refractivity contribution in [3.63, 3.8) is 0 Å². The minimum atomic E-state index is 0.115. The Morgan fingerprint density at radius 1 is 1.42 bits per heavy atom. The van der Waals surface area contributed by atoms with Crippen LogP contribution in [0, 0.1) is 12.3 Å². The van der Waals surface area contributed by atoms with Gasteiger partial charge < -0.3 is 11.1 Å². The molecule has 0 radical (unpaired) electrons. The first-order valence-electron chi connectivity index (χ1n) is 6.56. The molecule has 0 bridgehead atoms. The highest BCUT2D eigenvalue weighted by Crippen LogP contribution is 2.25. The SMILES string of the molecule is Cc1cc(NC(CCN)C(C)(C)C)n2ncnc2n1. The molecule has 0 amide bonds.